The van der Waals surface area contributed by atoms with Crippen molar-refractivity contribution in [1.82, 2.24) is 5.01 Å². The van der Waals surface area contributed by atoms with Gasteiger partial charge in [-0.3, -0.25) is 5.01 Å². The number of amides is 2. The van der Waals surface area contributed by atoms with E-state index in [0.717, 1.165) is 10.6 Å². The van der Waals surface area contributed by atoms with Crippen LogP contribution in [0.1, 0.15) is 5.56 Å². The summed E-state index contributed by atoms with van der Waals surface area (Å²) in [5.41, 5.74) is 1.62. The quantitative estimate of drug-likeness (QED) is 0.441. The van der Waals surface area contributed by atoms with Gasteiger partial charge in [0.15, 0.2) is 0 Å². The van der Waals surface area contributed by atoms with Gasteiger partial charge in [-0.15, -0.1) is 0 Å². The van der Waals surface area contributed by atoms with E-state index in [-0.39, 0.29) is 12.6 Å². The van der Waals surface area contributed by atoms with Crippen LogP contribution in [0.4, 0.5) is 10.5 Å². The monoisotopic (exact) mass is 208 g/mol. The Morgan fingerprint density at radius 1 is 1.40 bits per heavy atom. The van der Waals surface area contributed by atoms with Crippen LogP contribution in [-0.2, 0) is 11.5 Å². The lowest BCUT2D eigenvalue weighted by Gasteiger charge is -2.11. The Hall–Kier alpha value is -1.59. The number of nitrogens with one attached hydrogen (secondary N) is 1. The SMILES string of the molecule is CN(N)C(=O)Nc1ccc(CC[O])cc1. The van der Waals surface area contributed by atoms with Crippen molar-refractivity contribution in [2.75, 3.05) is 19.0 Å². The molecule has 3 N–H and O–H groups in total. The summed E-state index contributed by atoms with van der Waals surface area (Å²) >= 11 is 0. The van der Waals surface area contributed by atoms with Gasteiger partial charge in [0.1, 0.15) is 0 Å². The first kappa shape index (κ1) is 11.5. The molecule has 81 valence electrons. The van der Waals surface area contributed by atoms with Gasteiger partial charge in [-0.2, -0.15) is 0 Å². The Bertz CT molecular complexity index is 322. The van der Waals surface area contributed by atoms with Crippen LogP contribution in [0.5, 0.6) is 0 Å². The molecule has 0 heterocycles. The number of urea groups is 1. The summed E-state index contributed by atoms with van der Waals surface area (Å²) in [6.07, 6.45) is 0.505. The van der Waals surface area contributed by atoms with Gasteiger partial charge in [-0.1, -0.05) is 12.1 Å². The lowest BCUT2D eigenvalue weighted by Crippen LogP contribution is -2.36. The summed E-state index contributed by atoms with van der Waals surface area (Å²) in [5.74, 6) is 5.24. The van der Waals surface area contributed by atoms with Gasteiger partial charge in [0.25, 0.3) is 0 Å². The van der Waals surface area contributed by atoms with Crippen LogP contribution in [0.3, 0.4) is 0 Å². The molecule has 0 aliphatic carbocycles. The number of hydrogen-bond donors (Lipinski definition) is 2. The zero-order valence-electron chi connectivity index (χ0n) is 8.56. The number of anilines is 1. The van der Waals surface area contributed by atoms with E-state index in [0.29, 0.717) is 12.1 Å². The molecule has 0 aliphatic rings. The smallest absolute Gasteiger partial charge is 0.307 e. The average molecular weight is 208 g/mol. The predicted molar refractivity (Wildman–Crippen MR) is 56.7 cm³/mol. The normalized spacial score (nSPS) is 9.80. The highest BCUT2D eigenvalue weighted by Gasteiger charge is 2.03. The van der Waals surface area contributed by atoms with Crippen molar-refractivity contribution < 1.29 is 9.90 Å². The van der Waals surface area contributed by atoms with Crippen LogP contribution in [0.2, 0.25) is 0 Å². The van der Waals surface area contributed by atoms with Crippen molar-refractivity contribution >= 4 is 11.7 Å². The predicted octanol–water partition coefficient (Wildman–Crippen LogP) is 0.997. The summed E-state index contributed by atoms with van der Waals surface area (Å²) in [4.78, 5) is 11.2. The molecule has 1 rings (SSSR count). The molecule has 0 bridgehead atoms. The highest BCUT2D eigenvalue weighted by molar-refractivity contribution is 5.88. The van der Waals surface area contributed by atoms with Gasteiger partial charge in [-0.05, 0) is 24.1 Å². The third kappa shape index (κ3) is 3.57. The maximum Gasteiger partial charge on any atom is 0.335 e. The highest BCUT2D eigenvalue weighted by atomic mass is 16.3. The van der Waals surface area contributed by atoms with E-state index in [9.17, 15) is 9.90 Å². The standard InChI is InChI=1S/C10H14N3O2/c1-13(11)10(15)12-9-4-2-8(3-5-9)6-7-14/h2-5H,6-7,11H2,1H3,(H,12,15). The number of nitrogens with two attached hydrogens (primary N) is 1. The van der Waals surface area contributed by atoms with Crippen LogP contribution >= 0.6 is 0 Å². The van der Waals surface area contributed by atoms with Crippen LogP contribution in [-0.4, -0.2) is 24.7 Å². The zero-order chi connectivity index (χ0) is 11.3. The first-order valence-corrected chi connectivity index (χ1v) is 4.60. The van der Waals surface area contributed by atoms with Gasteiger partial charge in [0.2, 0.25) is 0 Å². The van der Waals surface area contributed by atoms with E-state index in [2.05, 4.69) is 5.32 Å². The van der Waals surface area contributed by atoms with Crippen molar-refractivity contribution in [2.45, 2.75) is 6.42 Å². The number of carbonyl (C=O) groups is 1. The molecular formula is C10H14N3O2. The van der Waals surface area contributed by atoms with Crippen LogP contribution in [0.15, 0.2) is 24.3 Å². The molecule has 1 aromatic rings. The number of carbonyl (C=O) groups excluding carboxylic acids is 1. The van der Waals surface area contributed by atoms with Crippen LogP contribution in [0.25, 0.3) is 0 Å². The largest absolute Gasteiger partial charge is 0.335 e. The fourth-order valence-electron chi connectivity index (χ4n) is 1.08. The molecule has 15 heavy (non-hydrogen) atoms. The number of rotatable bonds is 3. The molecule has 0 aromatic heterocycles. The second-order valence-electron chi connectivity index (χ2n) is 3.19. The van der Waals surface area contributed by atoms with Gasteiger partial charge in [0.05, 0.1) is 6.61 Å². The maximum absolute atomic E-state index is 11.2. The minimum absolute atomic E-state index is 0.128. The Balaban J connectivity index is 2.60. The fourth-order valence-corrected chi connectivity index (χ4v) is 1.08. The summed E-state index contributed by atoms with van der Waals surface area (Å²) in [7, 11) is 1.46. The van der Waals surface area contributed by atoms with Crippen LogP contribution in [0, 0.1) is 0 Å². The minimum Gasteiger partial charge on any atom is -0.307 e. The molecule has 0 atom stereocenters. The molecule has 0 saturated carbocycles. The maximum atomic E-state index is 11.2. The molecule has 5 heteroatoms. The van der Waals surface area contributed by atoms with Crippen molar-refractivity contribution in [3.8, 4) is 0 Å². The Kier molecular flexibility index (Phi) is 4.08. The molecule has 0 spiro atoms. The topological polar surface area (TPSA) is 78.3 Å². The lowest BCUT2D eigenvalue weighted by molar-refractivity contribution is 0.197. The first-order chi connectivity index (χ1) is 7.13. The third-order valence-electron chi connectivity index (χ3n) is 1.92. The molecule has 5 nitrogen and oxygen atoms in total. The molecule has 2 amide bonds. The molecule has 1 radical (unpaired) electrons. The van der Waals surface area contributed by atoms with E-state index in [1.807, 2.05) is 12.1 Å². The molecule has 1 aromatic carbocycles. The summed E-state index contributed by atoms with van der Waals surface area (Å²) < 4.78 is 0. The summed E-state index contributed by atoms with van der Waals surface area (Å²) in [6.45, 7) is -0.128. The van der Waals surface area contributed by atoms with E-state index in [1.54, 1.807) is 12.1 Å². The van der Waals surface area contributed by atoms with Crippen molar-refractivity contribution in [1.29, 1.82) is 0 Å². The summed E-state index contributed by atoms with van der Waals surface area (Å²) in [5, 5.41) is 13.9. The van der Waals surface area contributed by atoms with Crippen molar-refractivity contribution in [3.05, 3.63) is 29.8 Å². The zero-order valence-corrected chi connectivity index (χ0v) is 8.56. The molecular weight excluding hydrogens is 194 g/mol. The van der Waals surface area contributed by atoms with E-state index >= 15 is 0 Å². The lowest BCUT2D eigenvalue weighted by atomic mass is 10.1. The van der Waals surface area contributed by atoms with Crippen molar-refractivity contribution in [3.63, 3.8) is 0 Å². The fraction of sp³-hybridized carbons (Fsp3) is 0.300. The number of nitrogens with zero attached hydrogens (tertiary/aromatic N) is 1. The van der Waals surface area contributed by atoms with Crippen LogP contribution < -0.4 is 11.2 Å². The molecule has 0 fully saturated rings. The van der Waals surface area contributed by atoms with Gasteiger partial charge in [0, 0.05) is 12.7 Å². The first-order valence-electron chi connectivity index (χ1n) is 4.60. The second kappa shape index (κ2) is 5.33. The van der Waals surface area contributed by atoms with Crippen molar-refractivity contribution in [2.24, 2.45) is 5.84 Å². The second-order valence-corrected chi connectivity index (χ2v) is 3.19. The highest BCUT2D eigenvalue weighted by Crippen LogP contribution is 2.10. The van der Waals surface area contributed by atoms with Gasteiger partial charge < -0.3 is 5.32 Å². The Morgan fingerprint density at radius 3 is 2.47 bits per heavy atom. The number of hydrogen-bond acceptors (Lipinski definition) is 2. The average Bonchev–Trinajstić information content (AvgIpc) is 2.21. The third-order valence-corrected chi connectivity index (χ3v) is 1.92. The molecule has 0 aliphatic heterocycles. The van der Waals surface area contributed by atoms with Gasteiger partial charge >= 0.3 is 6.03 Å². The minimum atomic E-state index is -0.383. The van der Waals surface area contributed by atoms with Gasteiger partial charge in [-0.25, -0.2) is 15.7 Å². The van der Waals surface area contributed by atoms with E-state index < -0.39 is 0 Å². The molecule has 0 saturated heterocycles. The molecule has 0 unspecified atom stereocenters. The van der Waals surface area contributed by atoms with E-state index in [1.165, 1.54) is 7.05 Å². The van der Waals surface area contributed by atoms with E-state index in [4.69, 9.17) is 5.84 Å². The Labute approximate surface area is 88.5 Å². The summed E-state index contributed by atoms with van der Waals surface area (Å²) in [6, 6.07) is 6.72. The number of hydrazine groups is 1. The Morgan fingerprint density at radius 2 is 2.00 bits per heavy atom. The number of benzene rings is 1.